The van der Waals surface area contributed by atoms with E-state index < -0.39 is 0 Å². The number of hydrogen-bond acceptors (Lipinski definition) is 3. The summed E-state index contributed by atoms with van der Waals surface area (Å²) < 4.78 is 12.9. The van der Waals surface area contributed by atoms with Crippen LogP contribution in [-0.2, 0) is 4.79 Å². The number of thioether (sulfide) groups is 1. The van der Waals surface area contributed by atoms with Gasteiger partial charge in [0.05, 0.1) is 6.54 Å². The average molecular weight is 270 g/mol. The molecular formula is C13H19FN2OS. The minimum atomic E-state index is -0.353. The maximum atomic E-state index is 12.9. The number of carbonyl (C=O) groups excluding carboxylic acids is 1. The van der Waals surface area contributed by atoms with Gasteiger partial charge in [0.15, 0.2) is 0 Å². The molecule has 0 saturated carbocycles. The largest absolute Gasteiger partial charge is 0.325 e. The first-order valence-corrected chi connectivity index (χ1v) is 7.14. The molecule has 1 unspecified atom stereocenters. The predicted molar refractivity (Wildman–Crippen MR) is 75.5 cm³/mol. The van der Waals surface area contributed by atoms with E-state index >= 15 is 0 Å². The van der Waals surface area contributed by atoms with E-state index in [1.807, 2.05) is 18.7 Å². The lowest BCUT2D eigenvalue weighted by molar-refractivity contribution is -0.115. The van der Waals surface area contributed by atoms with E-state index in [1.54, 1.807) is 12.1 Å². The van der Waals surface area contributed by atoms with Crippen molar-refractivity contribution in [1.82, 2.24) is 5.32 Å². The second kappa shape index (κ2) is 8.11. The first-order chi connectivity index (χ1) is 8.61. The summed E-state index contributed by atoms with van der Waals surface area (Å²) in [6, 6.07) is 6.16. The fraction of sp³-hybridized carbons (Fsp3) is 0.462. The molecule has 0 radical (unpaired) electrons. The van der Waals surface area contributed by atoms with E-state index in [9.17, 15) is 9.18 Å². The zero-order valence-corrected chi connectivity index (χ0v) is 11.5. The van der Waals surface area contributed by atoms with Crippen molar-refractivity contribution in [3.8, 4) is 0 Å². The van der Waals surface area contributed by atoms with Crippen molar-refractivity contribution >= 4 is 23.4 Å². The molecule has 3 nitrogen and oxygen atoms in total. The average Bonchev–Trinajstić information content (AvgIpc) is 2.34. The molecule has 0 aromatic heterocycles. The quantitative estimate of drug-likeness (QED) is 0.800. The highest BCUT2D eigenvalue weighted by molar-refractivity contribution is 7.99. The number of amides is 1. The van der Waals surface area contributed by atoms with Gasteiger partial charge in [0.2, 0.25) is 5.91 Å². The molecule has 1 atom stereocenters. The first kappa shape index (κ1) is 15.0. The minimum Gasteiger partial charge on any atom is -0.325 e. The summed E-state index contributed by atoms with van der Waals surface area (Å²) in [7, 11) is 0. The third kappa shape index (κ3) is 6.02. The maximum absolute atomic E-state index is 12.9. The van der Waals surface area contributed by atoms with Gasteiger partial charge in [-0.3, -0.25) is 4.79 Å². The topological polar surface area (TPSA) is 41.1 Å². The van der Waals surface area contributed by atoms with E-state index in [2.05, 4.69) is 17.6 Å². The van der Waals surface area contributed by atoms with Crippen molar-refractivity contribution in [3.05, 3.63) is 30.1 Å². The van der Waals surface area contributed by atoms with Crippen LogP contribution in [0.15, 0.2) is 24.3 Å². The molecule has 100 valence electrons. The van der Waals surface area contributed by atoms with Crippen LogP contribution in [-0.4, -0.2) is 30.0 Å². The summed E-state index contributed by atoms with van der Waals surface area (Å²) in [4.78, 5) is 11.6. The maximum Gasteiger partial charge on any atom is 0.238 e. The Bertz CT molecular complexity index is 387. The van der Waals surface area contributed by atoms with Crippen molar-refractivity contribution in [1.29, 1.82) is 0 Å². The summed E-state index contributed by atoms with van der Waals surface area (Å²) >= 11 is 1.83. The highest BCUT2D eigenvalue weighted by atomic mass is 32.2. The van der Waals surface area contributed by atoms with Gasteiger partial charge in [-0.1, -0.05) is 13.0 Å². The molecule has 1 aromatic rings. The van der Waals surface area contributed by atoms with Crippen LogP contribution in [0.1, 0.15) is 13.8 Å². The third-order valence-corrected chi connectivity index (χ3v) is 3.44. The Morgan fingerprint density at radius 2 is 2.28 bits per heavy atom. The van der Waals surface area contributed by atoms with Crippen LogP contribution in [0, 0.1) is 5.82 Å². The second-order valence-corrected chi connectivity index (χ2v) is 5.32. The van der Waals surface area contributed by atoms with Crippen molar-refractivity contribution < 1.29 is 9.18 Å². The number of nitrogens with one attached hydrogen (secondary N) is 2. The van der Waals surface area contributed by atoms with Gasteiger partial charge in [0.25, 0.3) is 0 Å². The summed E-state index contributed by atoms with van der Waals surface area (Å²) in [5.74, 6) is 1.54. The van der Waals surface area contributed by atoms with Crippen molar-refractivity contribution in [2.75, 3.05) is 23.4 Å². The van der Waals surface area contributed by atoms with E-state index in [4.69, 9.17) is 0 Å². The Kier molecular flexibility index (Phi) is 6.75. The van der Waals surface area contributed by atoms with Crippen LogP contribution in [0.5, 0.6) is 0 Å². The molecule has 0 saturated heterocycles. The summed E-state index contributed by atoms with van der Waals surface area (Å²) in [5.41, 5.74) is 0.484. The Labute approximate surface area is 112 Å². The zero-order valence-electron chi connectivity index (χ0n) is 10.7. The van der Waals surface area contributed by atoms with Gasteiger partial charge in [-0.15, -0.1) is 0 Å². The molecule has 1 aromatic carbocycles. The number of halogens is 1. The molecule has 2 N–H and O–H groups in total. The molecule has 0 bridgehead atoms. The SMILES string of the molecule is CCSCC(C)NCC(=O)Nc1cccc(F)c1. The van der Waals surface area contributed by atoms with Gasteiger partial charge in [-0.25, -0.2) is 4.39 Å². The van der Waals surface area contributed by atoms with Crippen molar-refractivity contribution in [3.63, 3.8) is 0 Å². The molecule has 0 fully saturated rings. The Hall–Kier alpha value is -1.07. The minimum absolute atomic E-state index is 0.158. The van der Waals surface area contributed by atoms with E-state index in [0.29, 0.717) is 5.69 Å². The standard InChI is InChI=1S/C13H19FN2OS/c1-3-18-9-10(2)15-8-13(17)16-12-6-4-5-11(14)7-12/h4-7,10,15H,3,8-9H2,1-2H3,(H,16,17). The normalized spacial score (nSPS) is 12.2. The smallest absolute Gasteiger partial charge is 0.238 e. The number of benzene rings is 1. The van der Waals surface area contributed by atoms with Gasteiger partial charge in [-0.05, 0) is 30.9 Å². The summed E-state index contributed by atoms with van der Waals surface area (Å²) in [5, 5.41) is 5.77. The molecule has 0 aliphatic carbocycles. The van der Waals surface area contributed by atoms with Gasteiger partial charge in [-0.2, -0.15) is 11.8 Å². The van der Waals surface area contributed by atoms with Crippen LogP contribution in [0.3, 0.4) is 0 Å². The molecule has 18 heavy (non-hydrogen) atoms. The molecule has 0 heterocycles. The zero-order chi connectivity index (χ0) is 13.4. The highest BCUT2D eigenvalue weighted by Gasteiger charge is 2.06. The van der Waals surface area contributed by atoms with Gasteiger partial charge < -0.3 is 10.6 Å². The highest BCUT2D eigenvalue weighted by Crippen LogP contribution is 2.08. The molecule has 5 heteroatoms. The van der Waals surface area contributed by atoms with Crippen molar-refractivity contribution in [2.45, 2.75) is 19.9 Å². The van der Waals surface area contributed by atoms with Crippen LogP contribution < -0.4 is 10.6 Å². The fourth-order valence-electron chi connectivity index (χ4n) is 1.39. The number of anilines is 1. The van der Waals surface area contributed by atoms with E-state index in [0.717, 1.165) is 11.5 Å². The lowest BCUT2D eigenvalue weighted by Crippen LogP contribution is -2.35. The lowest BCUT2D eigenvalue weighted by Gasteiger charge is -2.12. The Morgan fingerprint density at radius 1 is 1.50 bits per heavy atom. The molecule has 1 rings (SSSR count). The van der Waals surface area contributed by atoms with Gasteiger partial charge in [0.1, 0.15) is 5.82 Å². The number of rotatable bonds is 7. The van der Waals surface area contributed by atoms with Crippen LogP contribution in [0.25, 0.3) is 0 Å². The molecule has 0 spiro atoms. The summed E-state index contributed by atoms with van der Waals surface area (Å²) in [6.45, 7) is 4.38. The van der Waals surface area contributed by atoms with Crippen LogP contribution in [0.2, 0.25) is 0 Å². The Morgan fingerprint density at radius 3 is 2.94 bits per heavy atom. The fourth-order valence-corrected chi connectivity index (χ4v) is 2.10. The third-order valence-electron chi connectivity index (χ3n) is 2.29. The predicted octanol–water partition coefficient (Wildman–Crippen LogP) is 2.50. The van der Waals surface area contributed by atoms with Crippen LogP contribution >= 0.6 is 11.8 Å². The van der Waals surface area contributed by atoms with E-state index in [-0.39, 0.29) is 24.3 Å². The molecule has 0 aliphatic rings. The molecular weight excluding hydrogens is 251 g/mol. The number of hydrogen-bond donors (Lipinski definition) is 2. The van der Waals surface area contributed by atoms with E-state index in [1.165, 1.54) is 12.1 Å². The van der Waals surface area contributed by atoms with Gasteiger partial charge in [0, 0.05) is 17.5 Å². The lowest BCUT2D eigenvalue weighted by atomic mass is 10.3. The van der Waals surface area contributed by atoms with Gasteiger partial charge >= 0.3 is 0 Å². The monoisotopic (exact) mass is 270 g/mol. The second-order valence-electron chi connectivity index (χ2n) is 4.00. The molecule has 1 amide bonds. The van der Waals surface area contributed by atoms with Crippen LogP contribution in [0.4, 0.5) is 10.1 Å². The molecule has 0 aliphatic heterocycles. The van der Waals surface area contributed by atoms with Crippen molar-refractivity contribution in [2.24, 2.45) is 0 Å². The summed E-state index contributed by atoms with van der Waals surface area (Å²) in [6.07, 6.45) is 0. The first-order valence-electron chi connectivity index (χ1n) is 5.98. The number of carbonyl (C=O) groups is 1. The Balaban J connectivity index is 2.29.